The van der Waals surface area contributed by atoms with Crippen LogP contribution in [0.25, 0.3) is 0 Å². The molecule has 27 heavy (non-hydrogen) atoms. The van der Waals surface area contributed by atoms with Crippen molar-refractivity contribution in [3.63, 3.8) is 0 Å². The molecule has 1 fully saturated rings. The summed E-state index contributed by atoms with van der Waals surface area (Å²) >= 11 is 0. The van der Waals surface area contributed by atoms with Crippen LogP contribution >= 0.6 is 24.0 Å². The molecule has 1 saturated carbocycles. The van der Waals surface area contributed by atoms with Crippen molar-refractivity contribution < 1.29 is 14.2 Å². The number of hydrogen-bond donors (Lipinski definition) is 1. The number of nitrogens with zero attached hydrogens (tertiary/aromatic N) is 2. The maximum atomic E-state index is 5.52. The van der Waals surface area contributed by atoms with Gasteiger partial charge in [-0.15, -0.1) is 24.0 Å². The Morgan fingerprint density at radius 2 is 2.00 bits per heavy atom. The van der Waals surface area contributed by atoms with Gasteiger partial charge < -0.3 is 24.4 Å². The lowest BCUT2D eigenvalue weighted by Crippen LogP contribution is -2.41. The first-order valence-corrected chi connectivity index (χ1v) is 9.28. The molecular formula is C20H34IN3O3. The Morgan fingerprint density at radius 3 is 2.56 bits per heavy atom. The van der Waals surface area contributed by atoms with Gasteiger partial charge in [0.15, 0.2) is 5.96 Å². The maximum Gasteiger partial charge on any atom is 0.193 e. The Morgan fingerprint density at radius 1 is 1.26 bits per heavy atom. The summed E-state index contributed by atoms with van der Waals surface area (Å²) in [5.41, 5.74) is 1.47. The number of methoxy groups -OCH3 is 2. The van der Waals surface area contributed by atoms with E-state index < -0.39 is 0 Å². The lowest BCUT2D eigenvalue weighted by atomic mass is 10.0. The van der Waals surface area contributed by atoms with E-state index in [1.807, 2.05) is 39.2 Å². The monoisotopic (exact) mass is 491 g/mol. The van der Waals surface area contributed by atoms with Crippen LogP contribution in [-0.2, 0) is 11.3 Å². The van der Waals surface area contributed by atoms with Crippen molar-refractivity contribution in [1.82, 2.24) is 10.2 Å². The minimum absolute atomic E-state index is 0. The number of ether oxygens (including phenoxy) is 3. The zero-order chi connectivity index (χ0) is 19.0. The summed E-state index contributed by atoms with van der Waals surface area (Å²) in [6.07, 6.45) is 3.64. The molecule has 0 bridgehead atoms. The second-order valence-corrected chi connectivity index (χ2v) is 6.88. The largest absolute Gasteiger partial charge is 0.497 e. The molecule has 1 aliphatic rings. The molecule has 154 valence electrons. The average Bonchev–Trinajstić information content (AvgIpc) is 3.42. The Balaban J connectivity index is 0.00000364. The first-order chi connectivity index (χ1) is 12.6. The topological polar surface area (TPSA) is 55.3 Å². The highest BCUT2D eigenvalue weighted by atomic mass is 127. The van der Waals surface area contributed by atoms with E-state index in [0.717, 1.165) is 49.2 Å². The van der Waals surface area contributed by atoms with Gasteiger partial charge in [0.25, 0.3) is 0 Å². The second-order valence-electron chi connectivity index (χ2n) is 6.88. The highest BCUT2D eigenvalue weighted by molar-refractivity contribution is 14.0. The van der Waals surface area contributed by atoms with Gasteiger partial charge in [0.05, 0.1) is 14.2 Å². The highest BCUT2D eigenvalue weighted by Gasteiger charge is 2.42. The van der Waals surface area contributed by atoms with Crippen LogP contribution in [0.2, 0.25) is 0 Å². The number of benzene rings is 1. The summed E-state index contributed by atoms with van der Waals surface area (Å²) in [5.74, 6) is 2.51. The summed E-state index contributed by atoms with van der Waals surface area (Å²) in [5, 5.41) is 3.53. The summed E-state index contributed by atoms with van der Waals surface area (Å²) < 4.78 is 16.3. The molecule has 0 heterocycles. The average molecular weight is 491 g/mol. The quantitative estimate of drug-likeness (QED) is 0.235. The van der Waals surface area contributed by atoms with E-state index in [2.05, 4.69) is 15.2 Å². The molecule has 0 unspecified atom stereocenters. The molecule has 6 nitrogen and oxygen atoms in total. The summed E-state index contributed by atoms with van der Waals surface area (Å²) in [6.45, 7) is 5.32. The summed E-state index contributed by atoms with van der Waals surface area (Å²) in [6, 6.07) is 5.90. The number of aliphatic imine (C=N–C) groups is 1. The van der Waals surface area contributed by atoms with E-state index in [-0.39, 0.29) is 24.0 Å². The number of rotatable bonds is 10. The standard InChI is InChI=1S/C20H33N3O3.HI/c1-6-26-12-11-20(9-10-20)15-22-19(21-2)23(3)14-16-7-8-17(24-4)13-18(16)25-5;/h7-8,13H,6,9-12,14-15H2,1-5H3,(H,21,22);1H. The number of halogens is 1. The van der Waals surface area contributed by atoms with Crippen molar-refractivity contribution in [2.75, 3.05) is 48.1 Å². The molecule has 0 saturated heterocycles. The van der Waals surface area contributed by atoms with Gasteiger partial charge in [0.1, 0.15) is 11.5 Å². The fourth-order valence-electron chi connectivity index (χ4n) is 3.09. The van der Waals surface area contributed by atoms with Crippen LogP contribution in [0.3, 0.4) is 0 Å². The summed E-state index contributed by atoms with van der Waals surface area (Å²) in [7, 11) is 7.20. The van der Waals surface area contributed by atoms with Crippen LogP contribution in [-0.4, -0.2) is 58.9 Å². The van der Waals surface area contributed by atoms with Gasteiger partial charge in [-0.2, -0.15) is 0 Å². The molecule has 1 N–H and O–H groups in total. The third-order valence-electron chi connectivity index (χ3n) is 5.03. The van der Waals surface area contributed by atoms with Crippen LogP contribution in [0.15, 0.2) is 23.2 Å². The molecule has 7 heteroatoms. The molecule has 1 aliphatic carbocycles. The van der Waals surface area contributed by atoms with Gasteiger partial charge in [-0.3, -0.25) is 4.99 Å². The normalized spacial score (nSPS) is 14.9. The van der Waals surface area contributed by atoms with Gasteiger partial charge in [0.2, 0.25) is 0 Å². The summed E-state index contributed by atoms with van der Waals surface area (Å²) in [4.78, 5) is 6.55. The Hall–Kier alpha value is -1.22. The lowest BCUT2D eigenvalue weighted by Gasteiger charge is -2.25. The van der Waals surface area contributed by atoms with E-state index in [9.17, 15) is 0 Å². The number of nitrogens with one attached hydrogen (secondary N) is 1. The molecule has 0 radical (unpaired) electrons. The fraction of sp³-hybridized carbons (Fsp3) is 0.650. The van der Waals surface area contributed by atoms with Crippen LogP contribution in [0.4, 0.5) is 0 Å². The van der Waals surface area contributed by atoms with Crippen LogP contribution < -0.4 is 14.8 Å². The van der Waals surface area contributed by atoms with Gasteiger partial charge in [-0.1, -0.05) is 0 Å². The molecule has 1 aromatic carbocycles. The van der Waals surface area contributed by atoms with E-state index in [1.165, 1.54) is 12.8 Å². The van der Waals surface area contributed by atoms with E-state index >= 15 is 0 Å². The van der Waals surface area contributed by atoms with Crippen LogP contribution in [0, 0.1) is 5.41 Å². The van der Waals surface area contributed by atoms with E-state index in [4.69, 9.17) is 14.2 Å². The smallest absolute Gasteiger partial charge is 0.193 e. The van der Waals surface area contributed by atoms with E-state index in [1.54, 1.807) is 14.2 Å². The van der Waals surface area contributed by atoms with Crippen molar-refractivity contribution >= 4 is 29.9 Å². The fourth-order valence-corrected chi connectivity index (χ4v) is 3.09. The van der Waals surface area contributed by atoms with Gasteiger partial charge >= 0.3 is 0 Å². The molecular weight excluding hydrogens is 457 g/mol. The molecule has 0 aromatic heterocycles. The Labute approximate surface area is 180 Å². The SMILES string of the molecule is CCOCCC1(CNC(=NC)N(C)Cc2ccc(OC)cc2OC)CC1.I. The lowest BCUT2D eigenvalue weighted by molar-refractivity contribution is 0.128. The van der Waals surface area contributed by atoms with Gasteiger partial charge in [-0.05, 0) is 43.7 Å². The van der Waals surface area contributed by atoms with Gasteiger partial charge in [-0.25, -0.2) is 0 Å². The first-order valence-electron chi connectivity index (χ1n) is 9.28. The third kappa shape index (κ3) is 7.03. The highest BCUT2D eigenvalue weighted by Crippen LogP contribution is 2.48. The third-order valence-corrected chi connectivity index (χ3v) is 5.03. The van der Waals surface area contributed by atoms with Crippen molar-refractivity contribution in [3.05, 3.63) is 23.8 Å². The predicted octanol–water partition coefficient (Wildman–Crippen LogP) is 3.54. The van der Waals surface area contributed by atoms with Crippen molar-refractivity contribution in [3.8, 4) is 11.5 Å². The zero-order valence-corrected chi connectivity index (χ0v) is 19.5. The van der Waals surface area contributed by atoms with Crippen molar-refractivity contribution in [1.29, 1.82) is 0 Å². The number of hydrogen-bond acceptors (Lipinski definition) is 4. The molecule has 0 atom stereocenters. The molecule has 0 amide bonds. The maximum absolute atomic E-state index is 5.52. The molecule has 1 aromatic rings. The Kier molecular flexibility index (Phi) is 10.2. The van der Waals surface area contributed by atoms with Crippen LogP contribution in [0.5, 0.6) is 11.5 Å². The predicted molar refractivity (Wildman–Crippen MR) is 121 cm³/mol. The molecule has 2 rings (SSSR count). The second kappa shape index (κ2) is 11.6. The van der Waals surface area contributed by atoms with Crippen molar-refractivity contribution in [2.45, 2.75) is 32.7 Å². The van der Waals surface area contributed by atoms with E-state index in [0.29, 0.717) is 12.0 Å². The minimum Gasteiger partial charge on any atom is -0.497 e. The zero-order valence-electron chi connectivity index (χ0n) is 17.2. The Bertz CT molecular complexity index is 606. The van der Waals surface area contributed by atoms with Gasteiger partial charge in [0, 0.05) is 52.0 Å². The van der Waals surface area contributed by atoms with Crippen LogP contribution in [0.1, 0.15) is 31.7 Å². The number of guanidine groups is 1. The molecule has 0 spiro atoms. The molecule has 0 aliphatic heterocycles. The van der Waals surface area contributed by atoms with Crippen molar-refractivity contribution in [2.24, 2.45) is 10.4 Å². The minimum atomic E-state index is 0. The first kappa shape index (κ1) is 23.8.